The Morgan fingerprint density at radius 3 is 1.12 bits per heavy atom. The van der Waals surface area contributed by atoms with Gasteiger partial charge in [0.15, 0.2) is 0 Å². The van der Waals surface area contributed by atoms with Gasteiger partial charge in [0.2, 0.25) is 0 Å². The van der Waals surface area contributed by atoms with Gasteiger partial charge < -0.3 is 4.57 Å². The van der Waals surface area contributed by atoms with Crippen LogP contribution >= 0.6 is 0 Å². The summed E-state index contributed by atoms with van der Waals surface area (Å²) in [6.07, 6.45) is 0. The minimum absolute atomic E-state index is 0.930. The molecule has 3 heterocycles. The van der Waals surface area contributed by atoms with Crippen molar-refractivity contribution in [3.05, 3.63) is 297 Å². The van der Waals surface area contributed by atoms with E-state index in [9.17, 15) is 0 Å². The Hall–Kier alpha value is -10.9. The largest absolute Gasteiger partial charge is 0.309 e. The average Bonchev–Trinajstić information content (AvgIpc) is 2.09. The predicted molar refractivity (Wildman–Crippen MR) is 345 cm³/mol. The van der Waals surface area contributed by atoms with Crippen LogP contribution in [0.25, 0.3) is 166 Å². The van der Waals surface area contributed by atoms with Crippen LogP contribution in [0.15, 0.2) is 297 Å². The maximum atomic E-state index is 5.20. The Morgan fingerprint density at radius 2 is 0.598 bits per heavy atom. The van der Waals surface area contributed by atoms with Crippen LogP contribution in [-0.2, 0) is 0 Å². The van der Waals surface area contributed by atoms with Gasteiger partial charge in [-0.25, -0.2) is 4.98 Å². The smallest absolute Gasteiger partial charge is 0.138 e. The van der Waals surface area contributed by atoms with Crippen LogP contribution in [0.5, 0.6) is 0 Å². The van der Waals surface area contributed by atoms with Crippen molar-refractivity contribution < 1.29 is 0 Å². The van der Waals surface area contributed by atoms with Crippen molar-refractivity contribution in [2.45, 2.75) is 0 Å². The van der Waals surface area contributed by atoms with Crippen LogP contribution in [-0.4, -0.2) is 14.1 Å². The number of hydrogen-bond acceptors (Lipinski definition) is 1. The molecule has 0 spiro atoms. The number of hydrogen-bond donors (Lipinski definition) is 0. The molecule has 3 nitrogen and oxygen atoms in total. The van der Waals surface area contributed by atoms with Crippen molar-refractivity contribution in [2.24, 2.45) is 0 Å². The number of aromatic nitrogens is 3. The second-order valence-corrected chi connectivity index (χ2v) is 21.7. The van der Waals surface area contributed by atoms with Crippen molar-refractivity contribution in [1.29, 1.82) is 0 Å². The van der Waals surface area contributed by atoms with E-state index >= 15 is 0 Å². The lowest BCUT2D eigenvalue weighted by Crippen LogP contribution is -1.99. The molecule has 0 atom stereocenters. The Bertz CT molecular complexity index is 4910. The van der Waals surface area contributed by atoms with Gasteiger partial charge in [-0.15, -0.1) is 0 Å². The highest BCUT2D eigenvalue weighted by molar-refractivity contribution is 6.32. The summed E-state index contributed by atoms with van der Waals surface area (Å²) in [6, 6.07) is 108. The molecule has 0 radical (unpaired) electrons. The van der Waals surface area contributed by atoms with E-state index in [0.29, 0.717) is 0 Å². The zero-order valence-corrected chi connectivity index (χ0v) is 44.6. The summed E-state index contributed by atoms with van der Waals surface area (Å²) in [4.78, 5) is 5.20. The van der Waals surface area contributed by atoms with Crippen LogP contribution < -0.4 is 0 Å². The topological polar surface area (TPSA) is 22.8 Å². The molecule has 82 heavy (non-hydrogen) atoms. The zero-order valence-electron chi connectivity index (χ0n) is 44.6. The molecule has 2 aliphatic carbocycles. The second-order valence-electron chi connectivity index (χ2n) is 21.7. The van der Waals surface area contributed by atoms with Gasteiger partial charge in [-0.3, -0.25) is 4.57 Å². The summed E-state index contributed by atoms with van der Waals surface area (Å²) >= 11 is 0. The summed E-state index contributed by atoms with van der Waals surface area (Å²) in [5.74, 6) is 0.930. The zero-order chi connectivity index (χ0) is 53.8. The molecular formula is C79H49N3. The maximum Gasteiger partial charge on any atom is 0.138 e. The predicted octanol–water partition coefficient (Wildman–Crippen LogP) is 21.2. The molecular weight excluding hydrogens is 991 g/mol. The van der Waals surface area contributed by atoms with E-state index in [1.807, 2.05) is 6.07 Å². The number of benzene rings is 13. The number of nitrogens with zero attached hydrogens (tertiary/aromatic N) is 3. The van der Waals surface area contributed by atoms with Gasteiger partial charge in [-0.2, -0.15) is 0 Å². The first-order chi connectivity index (χ1) is 40.7. The van der Waals surface area contributed by atoms with Gasteiger partial charge in [-0.1, -0.05) is 224 Å². The lowest BCUT2D eigenvalue weighted by molar-refractivity contribution is 1.08. The van der Waals surface area contributed by atoms with E-state index in [1.165, 1.54) is 149 Å². The Kier molecular flexibility index (Phi) is 10.3. The van der Waals surface area contributed by atoms with E-state index < -0.39 is 0 Å². The molecule has 0 aliphatic heterocycles. The summed E-state index contributed by atoms with van der Waals surface area (Å²) in [5.41, 5.74) is 25.8. The van der Waals surface area contributed by atoms with Crippen LogP contribution in [0, 0.1) is 0 Å². The van der Waals surface area contributed by atoms with Crippen molar-refractivity contribution in [3.63, 3.8) is 0 Å². The Balaban J connectivity index is 0.000000130. The van der Waals surface area contributed by atoms with E-state index in [4.69, 9.17) is 4.98 Å². The molecule has 3 heteroatoms. The molecule has 0 N–H and O–H groups in total. The molecule has 18 rings (SSSR count). The quantitative estimate of drug-likeness (QED) is 0.163. The highest BCUT2D eigenvalue weighted by atomic mass is 15.1. The molecule has 16 aromatic rings. The minimum Gasteiger partial charge on any atom is -0.309 e. The van der Waals surface area contributed by atoms with E-state index in [0.717, 1.165) is 17.1 Å². The number of rotatable bonds is 6. The fraction of sp³-hybridized carbons (Fsp3) is 0. The lowest BCUT2D eigenvalue weighted by Gasteiger charge is -2.15. The second kappa shape index (κ2) is 18.4. The first-order valence-corrected chi connectivity index (χ1v) is 28.3. The lowest BCUT2D eigenvalue weighted by atomic mass is 9.90. The van der Waals surface area contributed by atoms with Crippen molar-refractivity contribution in [2.75, 3.05) is 0 Å². The average molecular weight is 1040 g/mol. The fourth-order valence-corrected chi connectivity index (χ4v) is 13.7. The molecule has 3 aromatic heterocycles. The first kappa shape index (κ1) is 46.1. The molecule has 0 fully saturated rings. The summed E-state index contributed by atoms with van der Waals surface area (Å²) in [7, 11) is 0. The van der Waals surface area contributed by atoms with E-state index in [2.05, 4.69) is 300 Å². The molecule has 0 saturated heterocycles. The van der Waals surface area contributed by atoms with Gasteiger partial charge in [0.1, 0.15) is 5.82 Å². The van der Waals surface area contributed by atoms with Crippen molar-refractivity contribution >= 4 is 65.2 Å². The highest BCUT2D eigenvalue weighted by Gasteiger charge is 2.28. The van der Waals surface area contributed by atoms with Crippen LogP contribution in [0.3, 0.4) is 0 Å². The molecule has 0 amide bonds. The van der Waals surface area contributed by atoms with Gasteiger partial charge in [-0.05, 0) is 172 Å². The third-order valence-corrected chi connectivity index (χ3v) is 17.2. The van der Waals surface area contributed by atoms with E-state index in [-0.39, 0.29) is 0 Å². The molecule has 0 saturated carbocycles. The molecule has 13 aromatic carbocycles. The third-order valence-electron chi connectivity index (χ3n) is 17.2. The highest BCUT2D eigenvalue weighted by Crippen LogP contribution is 2.53. The molecule has 2 aliphatic rings. The van der Waals surface area contributed by atoms with Crippen molar-refractivity contribution in [3.8, 4) is 101 Å². The van der Waals surface area contributed by atoms with Gasteiger partial charge >= 0.3 is 0 Å². The standard InChI is InChI=1S/C40H25N.C39H24N2/c1-3-11-26(12-4-1)28-15-9-16-31(24-28)41-36-20-10-19-34-32-17-7-8-18-33(32)35-25-30(27-13-5-2-6-14-27)23-29-21-22-37(41)40(38(29)35)39(34)36;1-3-11-25(12-4-1)28-23-27-21-22-35-39-37(27)32(24-28)30-16-8-7-15-29(30)31-17-9-19-34(38(31)39)41(35)36-20-10-18-33(40-36)26-13-5-2-6-14-26/h1-25H;1-24H. The van der Waals surface area contributed by atoms with Gasteiger partial charge in [0.25, 0.3) is 0 Å². The third kappa shape index (κ3) is 7.06. The van der Waals surface area contributed by atoms with Gasteiger partial charge in [0, 0.05) is 32.8 Å². The maximum absolute atomic E-state index is 5.20. The molecule has 380 valence electrons. The van der Waals surface area contributed by atoms with Gasteiger partial charge in [0.05, 0.1) is 27.8 Å². The SMILES string of the molecule is c1ccc(-c2cc3c4c(ccc5c4c4c(cccc4n5-c4cccc(-c5ccccc5)n4)-c4ccccc4-3)c2)cc1.c1ccc(-c2cccc(-n3c4cccc5c4c4c6c(cc(-c7ccccc7)cc6ccc43)-c3ccccc3-5)c2)cc1. The van der Waals surface area contributed by atoms with Crippen LogP contribution in [0.1, 0.15) is 0 Å². The normalized spacial score (nSPS) is 11.9. The Morgan fingerprint density at radius 1 is 0.207 bits per heavy atom. The van der Waals surface area contributed by atoms with Crippen LogP contribution in [0.4, 0.5) is 0 Å². The minimum atomic E-state index is 0.930. The first-order valence-electron chi connectivity index (χ1n) is 28.3. The van der Waals surface area contributed by atoms with E-state index in [1.54, 1.807) is 0 Å². The summed E-state index contributed by atoms with van der Waals surface area (Å²) in [6.45, 7) is 0. The number of fused-ring (bicyclic) bond motifs is 6. The van der Waals surface area contributed by atoms with Crippen molar-refractivity contribution in [1.82, 2.24) is 14.1 Å². The molecule has 0 unspecified atom stereocenters. The molecule has 0 bridgehead atoms. The Labute approximate surface area is 474 Å². The number of pyridine rings is 1. The fourth-order valence-electron chi connectivity index (χ4n) is 13.7. The van der Waals surface area contributed by atoms with Crippen LogP contribution in [0.2, 0.25) is 0 Å². The summed E-state index contributed by atoms with van der Waals surface area (Å²) < 4.78 is 4.81. The monoisotopic (exact) mass is 1040 g/mol. The summed E-state index contributed by atoms with van der Waals surface area (Å²) in [5, 5.41) is 10.4.